The molecule has 0 saturated carbocycles. The third-order valence-electron chi connectivity index (χ3n) is 2.02. The van der Waals surface area contributed by atoms with Crippen molar-refractivity contribution in [3.63, 3.8) is 0 Å². The monoisotopic (exact) mass is 294 g/mol. The van der Waals surface area contributed by atoms with Gasteiger partial charge in [0, 0.05) is 0 Å². The number of rotatable bonds is 14. The molecular weight excluding hydrogens is 272 g/mol. The van der Waals surface area contributed by atoms with Gasteiger partial charge in [-0.2, -0.15) is 0 Å². The van der Waals surface area contributed by atoms with Gasteiger partial charge in [0.1, 0.15) is 6.61 Å². The number of carboxylic acid groups (broad SMARTS) is 1. The van der Waals surface area contributed by atoms with E-state index in [1.807, 2.05) is 0 Å². The van der Waals surface area contributed by atoms with Crippen molar-refractivity contribution in [3.8, 4) is 0 Å². The number of carbonyl (C=O) groups is 2. The molecule has 0 aromatic carbocycles. The van der Waals surface area contributed by atoms with Gasteiger partial charge in [0.05, 0.1) is 59.8 Å². The lowest BCUT2D eigenvalue weighted by Gasteiger charge is -2.06. The van der Waals surface area contributed by atoms with Crippen molar-refractivity contribution in [3.05, 3.63) is 0 Å². The Labute approximate surface area is 117 Å². The van der Waals surface area contributed by atoms with Crippen LogP contribution >= 0.6 is 0 Å². The number of hydrogen-bond acceptors (Lipinski definition) is 7. The van der Waals surface area contributed by atoms with Crippen LogP contribution in [0.1, 0.15) is 6.42 Å². The Morgan fingerprint density at radius 3 is 1.70 bits per heavy atom. The Hall–Kier alpha value is -1.22. The van der Waals surface area contributed by atoms with Crippen LogP contribution in [0.3, 0.4) is 0 Å². The molecule has 8 nitrogen and oxygen atoms in total. The molecule has 0 spiro atoms. The predicted molar refractivity (Wildman–Crippen MR) is 67.5 cm³/mol. The molecule has 8 heteroatoms. The highest BCUT2D eigenvalue weighted by atomic mass is 16.6. The Morgan fingerprint density at radius 2 is 1.25 bits per heavy atom. The van der Waals surface area contributed by atoms with Crippen LogP contribution in [0.5, 0.6) is 0 Å². The van der Waals surface area contributed by atoms with Crippen molar-refractivity contribution in [1.82, 2.24) is 0 Å². The summed E-state index contributed by atoms with van der Waals surface area (Å²) in [6.45, 7) is 2.20. The zero-order valence-corrected chi connectivity index (χ0v) is 11.7. The molecular formula is C12H22O8. The number of methoxy groups -OCH3 is 1. The Bertz CT molecular complexity index is 256. The fourth-order valence-electron chi connectivity index (χ4n) is 1.08. The van der Waals surface area contributed by atoms with Crippen molar-refractivity contribution < 1.29 is 38.4 Å². The minimum Gasteiger partial charge on any atom is -0.480 e. The standard InChI is InChI=1S/C12H22O8/c1-16-12(15)2-3-17-4-5-18-6-7-19-8-9-20-10-11(13)14/h2-10H2,1H3,(H,13,14). The highest BCUT2D eigenvalue weighted by Gasteiger charge is 1.99. The fourth-order valence-corrected chi connectivity index (χ4v) is 1.08. The lowest BCUT2D eigenvalue weighted by atomic mass is 10.5. The first-order chi connectivity index (χ1) is 9.66. The van der Waals surface area contributed by atoms with E-state index in [4.69, 9.17) is 24.1 Å². The van der Waals surface area contributed by atoms with E-state index in [-0.39, 0.29) is 25.6 Å². The van der Waals surface area contributed by atoms with Gasteiger partial charge in [0.2, 0.25) is 0 Å². The quantitative estimate of drug-likeness (QED) is 0.344. The van der Waals surface area contributed by atoms with Gasteiger partial charge in [-0.1, -0.05) is 0 Å². The van der Waals surface area contributed by atoms with Gasteiger partial charge in [-0.15, -0.1) is 0 Å². The number of carbonyl (C=O) groups excluding carboxylic acids is 1. The largest absolute Gasteiger partial charge is 0.480 e. The normalized spacial score (nSPS) is 10.4. The number of hydrogen-bond donors (Lipinski definition) is 1. The smallest absolute Gasteiger partial charge is 0.329 e. The van der Waals surface area contributed by atoms with Gasteiger partial charge in [-0.25, -0.2) is 4.79 Å². The molecule has 0 atom stereocenters. The summed E-state index contributed by atoms with van der Waals surface area (Å²) < 4.78 is 24.7. The molecule has 0 amide bonds. The highest BCUT2D eigenvalue weighted by molar-refractivity contribution is 5.69. The molecule has 0 radical (unpaired) electrons. The Balaban J connectivity index is 3.03. The van der Waals surface area contributed by atoms with Crippen LogP contribution in [0, 0.1) is 0 Å². The average Bonchev–Trinajstić information content (AvgIpc) is 2.43. The second kappa shape index (κ2) is 14.2. The maximum absolute atomic E-state index is 10.7. The maximum Gasteiger partial charge on any atom is 0.329 e. The molecule has 0 rings (SSSR count). The molecule has 1 N–H and O–H groups in total. The van der Waals surface area contributed by atoms with E-state index in [1.165, 1.54) is 7.11 Å². The van der Waals surface area contributed by atoms with Gasteiger partial charge >= 0.3 is 11.9 Å². The van der Waals surface area contributed by atoms with Crippen LogP contribution in [-0.4, -0.2) is 77.0 Å². The van der Waals surface area contributed by atoms with Crippen LogP contribution in [0.15, 0.2) is 0 Å². The summed E-state index contributed by atoms with van der Waals surface area (Å²) in [5, 5.41) is 8.30. The van der Waals surface area contributed by atoms with Crippen molar-refractivity contribution in [2.45, 2.75) is 6.42 Å². The first-order valence-electron chi connectivity index (χ1n) is 6.26. The summed E-state index contributed by atoms with van der Waals surface area (Å²) in [6.07, 6.45) is 0.232. The number of esters is 1. The summed E-state index contributed by atoms with van der Waals surface area (Å²) in [5.74, 6) is -1.30. The molecule has 0 aliphatic rings. The molecule has 20 heavy (non-hydrogen) atoms. The highest BCUT2D eigenvalue weighted by Crippen LogP contribution is 1.87. The number of carboxylic acids is 1. The van der Waals surface area contributed by atoms with Crippen LogP contribution in [0.25, 0.3) is 0 Å². The van der Waals surface area contributed by atoms with Gasteiger partial charge in [-0.3, -0.25) is 4.79 Å². The number of ether oxygens (including phenoxy) is 5. The summed E-state index contributed by atoms with van der Waals surface area (Å²) in [5.41, 5.74) is 0. The Morgan fingerprint density at radius 1 is 0.800 bits per heavy atom. The zero-order chi connectivity index (χ0) is 15.1. The average molecular weight is 294 g/mol. The summed E-state index contributed by atoms with van der Waals surface area (Å²) in [7, 11) is 1.33. The lowest BCUT2D eigenvalue weighted by molar-refractivity contribution is -0.143. The molecule has 0 aromatic heterocycles. The lowest BCUT2D eigenvalue weighted by Crippen LogP contribution is -2.14. The van der Waals surface area contributed by atoms with E-state index in [0.717, 1.165) is 0 Å². The molecule has 0 unspecified atom stereocenters. The van der Waals surface area contributed by atoms with Crippen LogP contribution in [0.4, 0.5) is 0 Å². The first kappa shape index (κ1) is 18.8. The number of aliphatic carboxylic acids is 1. The molecule has 0 heterocycles. The fraction of sp³-hybridized carbons (Fsp3) is 0.833. The first-order valence-corrected chi connectivity index (χ1v) is 6.26. The van der Waals surface area contributed by atoms with E-state index >= 15 is 0 Å². The predicted octanol–water partition coefficient (Wildman–Crippen LogP) is -0.299. The molecule has 0 fully saturated rings. The topological polar surface area (TPSA) is 101 Å². The minimum atomic E-state index is -1.000. The van der Waals surface area contributed by atoms with Crippen molar-refractivity contribution in [1.29, 1.82) is 0 Å². The summed E-state index contributed by atoms with van der Waals surface area (Å²) >= 11 is 0. The summed E-state index contributed by atoms with van der Waals surface area (Å²) in [6, 6.07) is 0. The SMILES string of the molecule is COC(=O)CCOCCOCCOCCOCC(=O)O. The van der Waals surface area contributed by atoms with Gasteiger partial charge in [0.15, 0.2) is 0 Å². The molecule has 118 valence electrons. The van der Waals surface area contributed by atoms with Crippen molar-refractivity contribution >= 4 is 11.9 Å². The van der Waals surface area contributed by atoms with Gasteiger partial charge < -0.3 is 28.8 Å². The third-order valence-corrected chi connectivity index (χ3v) is 2.02. The van der Waals surface area contributed by atoms with Crippen molar-refractivity contribution in [2.75, 3.05) is 60.0 Å². The zero-order valence-electron chi connectivity index (χ0n) is 11.7. The van der Waals surface area contributed by atoms with E-state index in [1.54, 1.807) is 0 Å². The second-order valence-electron chi connectivity index (χ2n) is 3.61. The van der Waals surface area contributed by atoms with Gasteiger partial charge in [-0.05, 0) is 0 Å². The van der Waals surface area contributed by atoms with Crippen molar-refractivity contribution in [2.24, 2.45) is 0 Å². The van der Waals surface area contributed by atoms with Crippen LogP contribution in [-0.2, 0) is 33.3 Å². The Kier molecular flexibility index (Phi) is 13.3. The molecule has 0 saturated heterocycles. The molecule has 0 aliphatic heterocycles. The van der Waals surface area contributed by atoms with Gasteiger partial charge in [0.25, 0.3) is 0 Å². The minimum absolute atomic E-state index is 0.232. The van der Waals surface area contributed by atoms with E-state index in [2.05, 4.69) is 4.74 Å². The molecule has 0 bridgehead atoms. The van der Waals surface area contributed by atoms with E-state index in [9.17, 15) is 9.59 Å². The van der Waals surface area contributed by atoms with Crippen LogP contribution in [0.2, 0.25) is 0 Å². The maximum atomic E-state index is 10.7. The third kappa shape index (κ3) is 14.8. The molecule has 0 aliphatic carbocycles. The van der Waals surface area contributed by atoms with E-state index < -0.39 is 5.97 Å². The van der Waals surface area contributed by atoms with Crippen LogP contribution < -0.4 is 0 Å². The second-order valence-corrected chi connectivity index (χ2v) is 3.61. The summed E-state index contributed by atoms with van der Waals surface area (Å²) in [4.78, 5) is 20.9. The molecule has 0 aromatic rings. The van der Waals surface area contributed by atoms with E-state index in [0.29, 0.717) is 39.6 Å².